The fourth-order valence-electron chi connectivity index (χ4n) is 2.60. The molecule has 0 amide bonds. The Hall–Kier alpha value is -0.940. The Labute approximate surface area is 101 Å². The fourth-order valence-corrected chi connectivity index (χ4v) is 2.60. The molecular formula is C12H19N3O2. The van der Waals surface area contributed by atoms with E-state index < -0.39 is 0 Å². The van der Waals surface area contributed by atoms with Crippen LogP contribution in [0.5, 0.6) is 0 Å². The number of ether oxygens (including phenoxy) is 1. The van der Waals surface area contributed by atoms with Gasteiger partial charge < -0.3 is 14.6 Å². The van der Waals surface area contributed by atoms with Crippen LogP contribution in [-0.4, -0.2) is 36.4 Å². The molecule has 0 bridgehead atoms. The minimum absolute atomic E-state index is 0.320. The maximum absolute atomic E-state index is 5.33. The molecule has 0 aromatic carbocycles. The second kappa shape index (κ2) is 5.14. The zero-order valence-corrected chi connectivity index (χ0v) is 10.0. The normalized spacial score (nSPS) is 29.6. The van der Waals surface area contributed by atoms with E-state index in [0.717, 1.165) is 50.9 Å². The van der Waals surface area contributed by atoms with Crippen LogP contribution in [-0.2, 0) is 11.2 Å². The Kier molecular flexibility index (Phi) is 3.38. The van der Waals surface area contributed by atoms with Gasteiger partial charge in [0.05, 0.1) is 12.5 Å². The second-order valence-electron chi connectivity index (χ2n) is 5.03. The van der Waals surface area contributed by atoms with Crippen molar-refractivity contribution in [2.45, 2.75) is 31.6 Å². The summed E-state index contributed by atoms with van der Waals surface area (Å²) in [4.78, 5) is 4.50. The van der Waals surface area contributed by atoms with Crippen LogP contribution in [0.3, 0.4) is 0 Å². The van der Waals surface area contributed by atoms with Crippen LogP contribution >= 0.6 is 0 Å². The lowest BCUT2D eigenvalue weighted by Crippen LogP contribution is -2.31. The van der Waals surface area contributed by atoms with Crippen molar-refractivity contribution in [3.63, 3.8) is 0 Å². The summed E-state index contributed by atoms with van der Waals surface area (Å²) in [5.41, 5.74) is 0. The quantitative estimate of drug-likeness (QED) is 0.853. The number of nitrogens with zero attached hydrogens (tertiary/aromatic N) is 2. The standard InChI is InChI=1S/C12H19N3O2/c1-2-9(7-13-4-1)6-11-14-12(17-15-11)10-3-5-16-8-10/h9-10,13H,1-8H2. The van der Waals surface area contributed by atoms with Crippen LogP contribution in [0.2, 0.25) is 0 Å². The Morgan fingerprint density at radius 2 is 2.35 bits per heavy atom. The average Bonchev–Trinajstić information content (AvgIpc) is 3.00. The number of nitrogens with one attached hydrogen (secondary N) is 1. The maximum Gasteiger partial charge on any atom is 0.232 e. The molecular weight excluding hydrogens is 218 g/mol. The van der Waals surface area contributed by atoms with E-state index in [1.165, 1.54) is 12.8 Å². The van der Waals surface area contributed by atoms with Gasteiger partial charge in [0.2, 0.25) is 5.89 Å². The van der Waals surface area contributed by atoms with Gasteiger partial charge in [-0.05, 0) is 38.3 Å². The molecule has 0 radical (unpaired) electrons. The number of rotatable bonds is 3. The van der Waals surface area contributed by atoms with Crippen molar-refractivity contribution < 1.29 is 9.26 Å². The van der Waals surface area contributed by atoms with E-state index in [2.05, 4.69) is 15.5 Å². The van der Waals surface area contributed by atoms with Crippen molar-refractivity contribution in [1.82, 2.24) is 15.5 Å². The highest BCUT2D eigenvalue weighted by molar-refractivity contribution is 4.97. The van der Waals surface area contributed by atoms with Crippen LogP contribution in [0.15, 0.2) is 4.52 Å². The van der Waals surface area contributed by atoms with Crippen LogP contribution in [0.1, 0.15) is 36.9 Å². The fraction of sp³-hybridized carbons (Fsp3) is 0.833. The van der Waals surface area contributed by atoms with Crippen molar-refractivity contribution in [1.29, 1.82) is 0 Å². The number of aromatic nitrogens is 2. The van der Waals surface area contributed by atoms with Crippen LogP contribution in [0.25, 0.3) is 0 Å². The SMILES string of the molecule is C1CNCC(Cc2noc(C3CCOC3)n2)C1. The van der Waals surface area contributed by atoms with E-state index in [4.69, 9.17) is 9.26 Å². The lowest BCUT2D eigenvalue weighted by molar-refractivity contribution is 0.189. The molecule has 2 saturated heterocycles. The van der Waals surface area contributed by atoms with Gasteiger partial charge in [0.1, 0.15) is 0 Å². The molecule has 2 fully saturated rings. The lowest BCUT2D eigenvalue weighted by atomic mass is 9.96. The minimum Gasteiger partial charge on any atom is -0.381 e. The van der Waals surface area contributed by atoms with Crippen molar-refractivity contribution in [2.24, 2.45) is 5.92 Å². The summed E-state index contributed by atoms with van der Waals surface area (Å²) < 4.78 is 10.7. The molecule has 0 spiro atoms. The highest BCUT2D eigenvalue weighted by Crippen LogP contribution is 2.24. The van der Waals surface area contributed by atoms with Gasteiger partial charge in [-0.3, -0.25) is 0 Å². The summed E-state index contributed by atoms with van der Waals surface area (Å²) in [6, 6.07) is 0. The average molecular weight is 237 g/mol. The molecule has 5 nitrogen and oxygen atoms in total. The first-order chi connectivity index (χ1) is 8.42. The third-order valence-corrected chi connectivity index (χ3v) is 3.63. The van der Waals surface area contributed by atoms with Gasteiger partial charge in [-0.1, -0.05) is 5.16 Å². The molecule has 17 heavy (non-hydrogen) atoms. The molecule has 1 N–H and O–H groups in total. The van der Waals surface area contributed by atoms with Crippen molar-refractivity contribution in [2.75, 3.05) is 26.3 Å². The van der Waals surface area contributed by atoms with Gasteiger partial charge in [0.25, 0.3) is 0 Å². The summed E-state index contributed by atoms with van der Waals surface area (Å²) >= 11 is 0. The Morgan fingerprint density at radius 3 is 3.12 bits per heavy atom. The van der Waals surface area contributed by atoms with E-state index in [9.17, 15) is 0 Å². The summed E-state index contributed by atoms with van der Waals surface area (Å²) in [6.07, 6.45) is 4.46. The summed E-state index contributed by atoms with van der Waals surface area (Å²) in [5, 5.41) is 7.50. The first-order valence-corrected chi connectivity index (χ1v) is 6.53. The van der Waals surface area contributed by atoms with Gasteiger partial charge in [-0.25, -0.2) is 0 Å². The molecule has 3 rings (SSSR count). The third kappa shape index (κ3) is 2.66. The smallest absolute Gasteiger partial charge is 0.232 e. The van der Waals surface area contributed by atoms with Gasteiger partial charge >= 0.3 is 0 Å². The summed E-state index contributed by atoms with van der Waals surface area (Å²) in [7, 11) is 0. The monoisotopic (exact) mass is 237 g/mol. The third-order valence-electron chi connectivity index (χ3n) is 3.63. The Bertz CT molecular complexity index is 354. The van der Waals surface area contributed by atoms with E-state index in [-0.39, 0.29) is 0 Å². The molecule has 3 heterocycles. The van der Waals surface area contributed by atoms with E-state index >= 15 is 0 Å². The topological polar surface area (TPSA) is 60.2 Å². The second-order valence-corrected chi connectivity index (χ2v) is 5.03. The molecule has 0 aliphatic carbocycles. The highest BCUT2D eigenvalue weighted by atomic mass is 16.5. The first kappa shape index (κ1) is 11.2. The number of hydrogen-bond donors (Lipinski definition) is 1. The molecule has 1 aromatic rings. The zero-order chi connectivity index (χ0) is 11.5. The van der Waals surface area contributed by atoms with Crippen molar-refractivity contribution in [3.8, 4) is 0 Å². The zero-order valence-electron chi connectivity index (χ0n) is 10.0. The Morgan fingerprint density at radius 1 is 1.35 bits per heavy atom. The van der Waals surface area contributed by atoms with Crippen LogP contribution in [0.4, 0.5) is 0 Å². The first-order valence-electron chi connectivity index (χ1n) is 6.53. The predicted octanol–water partition coefficient (Wildman–Crippen LogP) is 1.12. The molecule has 94 valence electrons. The van der Waals surface area contributed by atoms with Crippen LogP contribution < -0.4 is 5.32 Å². The highest BCUT2D eigenvalue weighted by Gasteiger charge is 2.24. The molecule has 2 aliphatic heterocycles. The molecule has 5 heteroatoms. The number of piperidine rings is 1. The number of hydrogen-bond acceptors (Lipinski definition) is 5. The molecule has 2 aliphatic rings. The largest absolute Gasteiger partial charge is 0.381 e. The molecule has 0 saturated carbocycles. The van der Waals surface area contributed by atoms with E-state index in [1.54, 1.807) is 0 Å². The van der Waals surface area contributed by atoms with Gasteiger partial charge in [0.15, 0.2) is 5.82 Å². The lowest BCUT2D eigenvalue weighted by Gasteiger charge is -2.20. The van der Waals surface area contributed by atoms with Gasteiger partial charge in [-0.15, -0.1) is 0 Å². The van der Waals surface area contributed by atoms with Crippen molar-refractivity contribution in [3.05, 3.63) is 11.7 Å². The molecule has 1 aromatic heterocycles. The maximum atomic E-state index is 5.33. The van der Waals surface area contributed by atoms with Gasteiger partial charge in [-0.2, -0.15) is 4.98 Å². The van der Waals surface area contributed by atoms with E-state index in [1.807, 2.05) is 0 Å². The van der Waals surface area contributed by atoms with Gasteiger partial charge in [0, 0.05) is 13.0 Å². The Balaban J connectivity index is 1.59. The molecule has 2 atom stereocenters. The van der Waals surface area contributed by atoms with Crippen molar-refractivity contribution >= 4 is 0 Å². The van der Waals surface area contributed by atoms with Crippen LogP contribution in [0, 0.1) is 5.92 Å². The van der Waals surface area contributed by atoms with E-state index in [0.29, 0.717) is 11.8 Å². The minimum atomic E-state index is 0.320. The summed E-state index contributed by atoms with van der Waals surface area (Å²) in [6.45, 7) is 3.77. The molecule has 2 unspecified atom stereocenters. The predicted molar refractivity (Wildman–Crippen MR) is 61.8 cm³/mol. The summed E-state index contributed by atoms with van der Waals surface area (Å²) in [5.74, 6) is 2.61.